The van der Waals surface area contributed by atoms with Crippen LogP contribution in [-0.4, -0.2) is 81.2 Å². The van der Waals surface area contributed by atoms with Gasteiger partial charge in [-0.15, -0.1) is 0 Å². The van der Waals surface area contributed by atoms with Gasteiger partial charge in [0.05, 0.1) is 12.9 Å². The molecule has 20 heteroatoms. The molecular weight excluding hydrogens is 474 g/mol. The number of ether oxygens (including phenoxy) is 1. The maximum absolute atomic E-state index is 11.8. The van der Waals surface area contributed by atoms with Crippen molar-refractivity contribution >= 4 is 39.7 Å². The molecule has 5 N–H and O–H groups in total. The molecule has 7 atom stereocenters. The summed E-state index contributed by atoms with van der Waals surface area (Å²) in [4.78, 5) is 54.2. The Morgan fingerprint density at radius 3 is 2.47 bits per heavy atom. The van der Waals surface area contributed by atoms with E-state index in [4.69, 9.17) is 15.4 Å². The smallest absolute Gasteiger partial charge is 0.756 e. The second kappa shape index (κ2) is 10.6. The Morgan fingerprint density at radius 1 is 1.23 bits per heavy atom. The van der Waals surface area contributed by atoms with Crippen LogP contribution in [0.2, 0.25) is 0 Å². The molecule has 3 aliphatic rings. The zero-order valence-corrected chi connectivity index (χ0v) is 21.3. The van der Waals surface area contributed by atoms with Crippen molar-refractivity contribution in [2.75, 3.05) is 6.61 Å². The number of aliphatic hydroxyl groups is 2. The first-order chi connectivity index (χ1) is 12.9. The van der Waals surface area contributed by atoms with E-state index in [-0.39, 0.29) is 70.9 Å². The van der Waals surface area contributed by atoms with E-state index in [9.17, 15) is 33.9 Å². The Morgan fingerprint density at radius 2 is 1.87 bits per heavy atom. The molecule has 0 spiro atoms. The van der Waals surface area contributed by atoms with E-state index in [1.54, 1.807) is 0 Å². The summed E-state index contributed by atoms with van der Waals surface area (Å²) in [6.07, 6.45) is -5.04. The Balaban J connectivity index is 0.00000225. The van der Waals surface area contributed by atoms with Crippen molar-refractivity contribution in [1.82, 2.24) is 4.90 Å². The standard InChI is InChI=1S/C10H15N5O11P2.2Na/c11-10-13-7-4(8(18)14-10)12-2-15(7)9-6(17)5(16)3(25-9)1-24-28(22,23)26-27(19,20)21;;/h2-6,9,16-17H,1H2,(H,22,23)(H2,11,14,18)(H2,19,20,21);;/q;2*+1/p-2. The monoisotopic (exact) mass is 487 g/mol. The summed E-state index contributed by atoms with van der Waals surface area (Å²) < 4.78 is 34.8. The molecule has 0 saturated carbocycles. The van der Waals surface area contributed by atoms with Crippen molar-refractivity contribution in [2.45, 2.75) is 30.6 Å². The number of fused-ring (bicyclic) bond motifs is 1. The van der Waals surface area contributed by atoms with Crippen LogP contribution in [-0.2, 0) is 27.5 Å². The van der Waals surface area contributed by atoms with Crippen molar-refractivity contribution in [2.24, 2.45) is 20.7 Å². The number of amides is 1. The minimum absolute atomic E-state index is 0. The van der Waals surface area contributed by atoms with Gasteiger partial charge in [-0.2, -0.15) is 9.98 Å². The van der Waals surface area contributed by atoms with E-state index >= 15 is 0 Å². The third-order valence-electron chi connectivity index (χ3n) is 3.75. The summed E-state index contributed by atoms with van der Waals surface area (Å²) in [5.74, 6) is -1.08. The number of hydrogen-bond donors (Lipinski definition) is 4. The van der Waals surface area contributed by atoms with Crippen LogP contribution in [0.3, 0.4) is 0 Å². The fourth-order valence-electron chi connectivity index (χ4n) is 2.62. The number of nitrogens with zero attached hydrogens (tertiary/aromatic N) is 4. The van der Waals surface area contributed by atoms with Gasteiger partial charge >= 0.3 is 59.1 Å². The van der Waals surface area contributed by atoms with Gasteiger partial charge in [-0.25, -0.2) is 4.31 Å². The van der Waals surface area contributed by atoms with Crippen LogP contribution in [0.15, 0.2) is 15.0 Å². The van der Waals surface area contributed by atoms with E-state index in [2.05, 4.69) is 23.8 Å². The topological polar surface area (TPSA) is 252 Å². The average Bonchev–Trinajstić information content (AvgIpc) is 3.06. The predicted octanol–water partition coefficient (Wildman–Crippen LogP) is -10.6. The molecule has 156 valence electrons. The number of hydrogen-bond acceptors (Lipinski definition) is 14. The van der Waals surface area contributed by atoms with Crippen LogP contribution in [0.5, 0.6) is 0 Å². The van der Waals surface area contributed by atoms with Crippen LogP contribution < -0.4 is 74.6 Å². The van der Waals surface area contributed by atoms with Gasteiger partial charge in [-0.3, -0.25) is 23.8 Å². The van der Waals surface area contributed by atoms with Gasteiger partial charge in [-0.1, -0.05) is 0 Å². The number of aliphatic hydroxyl groups excluding tert-OH is 2. The first-order valence-electron chi connectivity index (χ1n) is 7.38. The van der Waals surface area contributed by atoms with Gasteiger partial charge < -0.3 is 39.9 Å². The molecule has 0 aromatic carbocycles. The molecule has 1 saturated heterocycles. The SMILES string of the molecule is NC1=NC(=O)C2N=CN(C3OC(COP(=O)([O-])OP(=O)([O-])O)C(O)C3O)C2=N1.[Na+].[Na+]. The number of carbonyl (C=O) groups excluding carboxylic acids is 1. The Hall–Kier alpha value is 0.420. The summed E-state index contributed by atoms with van der Waals surface area (Å²) in [6, 6.07) is -1.11. The van der Waals surface area contributed by atoms with Gasteiger partial charge in [0.15, 0.2) is 18.1 Å². The van der Waals surface area contributed by atoms with Crippen molar-refractivity contribution < 1.29 is 112 Å². The second-order valence-electron chi connectivity index (χ2n) is 5.69. The number of amidine groups is 1. The van der Waals surface area contributed by atoms with E-state index in [1.165, 1.54) is 0 Å². The summed E-state index contributed by atoms with van der Waals surface area (Å²) in [7, 11) is -11.1. The van der Waals surface area contributed by atoms with Crippen LogP contribution in [0.4, 0.5) is 0 Å². The van der Waals surface area contributed by atoms with E-state index in [0.717, 1.165) is 11.2 Å². The fraction of sp³-hybridized carbons (Fsp3) is 0.600. The first-order valence-corrected chi connectivity index (χ1v) is 10.3. The molecule has 1 fully saturated rings. The average molecular weight is 487 g/mol. The fourth-order valence-corrected chi connectivity index (χ4v) is 4.15. The molecule has 0 aromatic heterocycles. The van der Waals surface area contributed by atoms with E-state index in [0.29, 0.717) is 0 Å². The number of nitrogens with two attached hydrogens (primary N) is 1. The number of guanidine groups is 1. The molecule has 3 rings (SSSR count). The third-order valence-corrected chi connectivity index (χ3v) is 5.84. The third kappa shape index (κ3) is 6.48. The zero-order chi connectivity index (χ0) is 20.9. The van der Waals surface area contributed by atoms with Gasteiger partial charge in [0.1, 0.15) is 18.3 Å². The number of aliphatic imine (C=N–C) groups is 3. The van der Waals surface area contributed by atoms with Crippen LogP contribution >= 0.6 is 15.6 Å². The zero-order valence-electron chi connectivity index (χ0n) is 15.5. The van der Waals surface area contributed by atoms with Crippen molar-refractivity contribution in [3.05, 3.63) is 0 Å². The molecule has 7 unspecified atom stereocenters. The van der Waals surface area contributed by atoms with Crippen LogP contribution in [0, 0.1) is 0 Å². The summed E-state index contributed by atoms with van der Waals surface area (Å²) >= 11 is 0. The number of rotatable bonds is 6. The van der Waals surface area contributed by atoms with Crippen LogP contribution in [0.1, 0.15) is 0 Å². The molecule has 0 aromatic rings. The van der Waals surface area contributed by atoms with Crippen molar-refractivity contribution in [3.63, 3.8) is 0 Å². The van der Waals surface area contributed by atoms with Gasteiger partial charge in [0.25, 0.3) is 21.6 Å². The number of phosphoric ester groups is 1. The van der Waals surface area contributed by atoms with Gasteiger partial charge in [0.2, 0.25) is 5.96 Å². The Bertz CT molecular complexity index is 865. The molecular formula is C10H13N5Na2O11P2. The molecule has 1 amide bonds. The minimum Gasteiger partial charge on any atom is -0.756 e. The molecule has 30 heavy (non-hydrogen) atoms. The van der Waals surface area contributed by atoms with E-state index in [1.807, 2.05) is 0 Å². The Labute approximate surface area is 212 Å². The number of phosphoric acid groups is 2. The van der Waals surface area contributed by atoms with Gasteiger partial charge in [-0.05, 0) is 0 Å². The first kappa shape index (κ1) is 28.5. The normalized spacial score (nSPS) is 34.1. The van der Waals surface area contributed by atoms with Crippen molar-refractivity contribution in [1.29, 1.82) is 0 Å². The van der Waals surface area contributed by atoms with E-state index < -0.39 is 58.7 Å². The summed E-state index contributed by atoms with van der Waals surface area (Å²) in [6.45, 7) is -0.959. The molecule has 0 aliphatic carbocycles. The Kier molecular flexibility index (Phi) is 10.0. The minimum atomic E-state index is -5.63. The maximum Gasteiger partial charge on any atom is 1.00 e. The number of carbonyl (C=O) groups is 1. The summed E-state index contributed by atoms with van der Waals surface area (Å²) in [5.41, 5.74) is 5.42. The molecule has 16 nitrogen and oxygen atoms in total. The summed E-state index contributed by atoms with van der Waals surface area (Å²) in [5, 5.41) is 20.2. The predicted molar refractivity (Wildman–Crippen MR) is 83.3 cm³/mol. The van der Waals surface area contributed by atoms with Crippen LogP contribution in [0.25, 0.3) is 0 Å². The molecule has 0 radical (unpaired) electrons. The quantitative estimate of drug-likeness (QED) is 0.201. The molecule has 3 heterocycles. The second-order valence-corrected chi connectivity index (χ2v) is 8.43. The maximum atomic E-state index is 11.8. The van der Waals surface area contributed by atoms with Gasteiger partial charge in [0, 0.05) is 0 Å². The van der Waals surface area contributed by atoms with Crippen molar-refractivity contribution in [3.8, 4) is 0 Å². The largest absolute Gasteiger partial charge is 1.00 e. The molecule has 3 aliphatic heterocycles. The molecule has 0 bridgehead atoms.